The van der Waals surface area contributed by atoms with E-state index in [-0.39, 0.29) is 0 Å². The van der Waals surface area contributed by atoms with Gasteiger partial charge in [-0.1, -0.05) is 25.5 Å². The first kappa shape index (κ1) is 14.4. The minimum Gasteiger partial charge on any atom is -0.493 e. The number of aryl methyl sites for hydroxylation is 1. The van der Waals surface area contributed by atoms with Crippen LogP contribution in [0.15, 0.2) is 18.2 Å². The Morgan fingerprint density at radius 1 is 1.32 bits per heavy atom. The topological polar surface area (TPSA) is 33.3 Å². The molecule has 0 saturated heterocycles. The van der Waals surface area contributed by atoms with E-state index >= 15 is 0 Å². The van der Waals surface area contributed by atoms with Gasteiger partial charge in [-0.25, -0.2) is 0 Å². The van der Waals surface area contributed by atoms with Gasteiger partial charge >= 0.3 is 0 Å². The number of rotatable bonds is 6. The van der Waals surface area contributed by atoms with Gasteiger partial charge in [0.25, 0.3) is 0 Å². The fourth-order valence-electron chi connectivity index (χ4n) is 3.01. The van der Waals surface area contributed by atoms with Crippen molar-refractivity contribution < 1.29 is 4.74 Å². The Bertz CT molecular complexity index is 406. The maximum absolute atomic E-state index is 5.69. The third-order valence-corrected chi connectivity index (χ3v) is 4.06. The summed E-state index contributed by atoms with van der Waals surface area (Å²) in [5.74, 6) is 1.68. The normalized spacial score (nSPS) is 17.4. The zero-order valence-corrected chi connectivity index (χ0v) is 12.3. The lowest BCUT2D eigenvalue weighted by molar-refractivity contribution is 0.287. The molecule has 1 aromatic carbocycles. The summed E-state index contributed by atoms with van der Waals surface area (Å²) in [4.78, 5) is 0. The number of fused-ring (bicyclic) bond motifs is 1. The van der Waals surface area contributed by atoms with Gasteiger partial charge in [0.1, 0.15) is 5.75 Å². The van der Waals surface area contributed by atoms with Crippen LogP contribution in [0.2, 0.25) is 0 Å². The van der Waals surface area contributed by atoms with Crippen molar-refractivity contribution in [2.75, 3.05) is 27.2 Å². The SMILES string of the molecule is CCC(CNC)C(NC)c1ccc2c(c1)CCCO2. The van der Waals surface area contributed by atoms with Crippen LogP contribution in [0.25, 0.3) is 0 Å². The van der Waals surface area contributed by atoms with Crippen molar-refractivity contribution in [3.63, 3.8) is 0 Å². The summed E-state index contributed by atoms with van der Waals surface area (Å²) in [7, 11) is 4.08. The summed E-state index contributed by atoms with van der Waals surface area (Å²) in [6.07, 6.45) is 3.44. The molecule has 0 fully saturated rings. The summed E-state index contributed by atoms with van der Waals surface area (Å²) >= 11 is 0. The summed E-state index contributed by atoms with van der Waals surface area (Å²) in [6.45, 7) is 4.16. The maximum Gasteiger partial charge on any atom is 0.122 e. The van der Waals surface area contributed by atoms with Gasteiger partial charge in [0.05, 0.1) is 6.61 Å². The zero-order chi connectivity index (χ0) is 13.7. The van der Waals surface area contributed by atoms with Crippen molar-refractivity contribution in [1.29, 1.82) is 0 Å². The Labute approximate surface area is 116 Å². The third-order valence-electron chi connectivity index (χ3n) is 4.06. The fourth-order valence-corrected chi connectivity index (χ4v) is 3.01. The van der Waals surface area contributed by atoms with Crippen molar-refractivity contribution in [1.82, 2.24) is 10.6 Å². The molecule has 2 unspecified atom stereocenters. The van der Waals surface area contributed by atoms with Crippen LogP contribution in [0.1, 0.15) is 36.9 Å². The molecule has 0 spiro atoms. The van der Waals surface area contributed by atoms with Gasteiger partial charge < -0.3 is 15.4 Å². The molecule has 106 valence electrons. The molecule has 0 amide bonds. The van der Waals surface area contributed by atoms with E-state index in [4.69, 9.17) is 4.74 Å². The minimum absolute atomic E-state index is 0.407. The predicted octanol–water partition coefficient (Wildman–Crippen LogP) is 2.52. The van der Waals surface area contributed by atoms with Crippen LogP contribution < -0.4 is 15.4 Å². The first-order chi connectivity index (χ1) is 9.30. The van der Waals surface area contributed by atoms with E-state index in [1.807, 2.05) is 7.05 Å². The Hall–Kier alpha value is -1.06. The van der Waals surface area contributed by atoms with Gasteiger partial charge in [-0.15, -0.1) is 0 Å². The zero-order valence-electron chi connectivity index (χ0n) is 12.3. The van der Waals surface area contributed by atoms with Gasteiger partial charge in [0, 0.05) is 6.04 Å². The second-order valence-electron chi connectivity index (χ2n) is 5.31. The molecule has 0 aliphatic carbocycles. The van der Waals surface area contributed by atoms with Crippen LogP contribution in [0, 0.1) is 5.92 Å². The lowest BCUT2D eigenvalue weighted by Gasteiger charge is -2.28. The molecule has 0 saturated carbocycles. The molecule has 2 rings (SSSR count). The highest BCUT2D eigenvalue weighted by molar-refractivity contribution is 5.39. The van der Waals surface area contributed by atoms with Gasteiger partial charge in [0.15, 0.2) is 0 Å². The molecule has 0 radical (unpaired) electrons. The highest BCUT2D eigenvalue weighted by atomic mass is 16.5. The van der Waals surface area contributed by atoms with E-state index in [0.717, 1.165) is 31.7 Å². The summed E-state index contributed by atoms with van der Waals surface area (Å²) in [6, 6.07) is 7.09. The van der Waals surface area contributed by atoms with Crippen molar-refractivity contribution >= 4 is 0 Å². The van der Waals surface area contributed by atoms with Gasteiger partial charge in [-0.05, 0) is 56.6 Å². The van der Waals surface area contributed by atoms with Crippen LogP contribution in [0.5, 0.6) is 5.75 Å². The number of ether oxygens (including phenoxy) is 1. The van der Waals surface area contributed by atoms with Gasteiger partial charge in [-0.3, -0.25) is 0 Å². The molecule has 0 bridgehead atoms. The average Bonchev–Trinajstić information content (AvgIpc) is 2.47. The van der Waals surface area contributed by atoms with E-state index in [0.29, 0.717) is 12.0 Å². The second kappa shape index (κ2) is 6.92. The lowest BCUT2D eigenvalue weighted by Crippen LogP contribution is -2.31. The van der Waals surface area contributed by atoms with Crippen LogP contribution in [-0.4, -0.2) is 27.2 Å². The van der Waals surface area contributed by atoms with Crippen LogP contribution in [0.3, 0.4) is 0 Å². The Kier molecular flexibility index (Phi) is 5.23. The molecule has 1 aliphatic rings. The molecule has 3 nitrogen and oxygen atoms in total. The second-order valence-corrected chi connectivity index (χ2v) is 5.31. The Morgan fingerprint density at radius 2 is 2.16 bits per heavy atom. The molecule has 1 aromatic rings. The quantitative estimate of drug-likeness (QED) is 0.826. The highest BCUT2D eigenvalue weighted by Gasteiger charge is 2.21. The lowest BCUT2D eigenvalue weighted by atomic mass is 9.89. The predicted molar refractivity (Wildman–Crippen MR) is 79.8 cm³/mol. The van der Waals surface area contributed by atoms with Gasteiger partial charge in [-0.2, -0.15) is 0 Å². The first-order valence-corrected chi connectivity index (χ1v) is 7.37. The minimum atomic E-state index is 0.407. The smallest absolute Gasteiger partial charge is 0.122 e. The number of hydrogen-bond donors (Lipinski definition) is 2. The van der Waals surface area contributed by atoms with E-state index in [2.05, 4.69) is 42.8 Å². The molecular formula is C16H26N2O. The van der Waals surface area contributed by atoms with E-state index in [1.54, 1.807) is 0 Å². The van der Waals surface area contributed by atoms with Crippen LogP contribution in [0.4, 0.5) is 0 Å². The number of nitrogens with one attached hydrogen (secondary N) is 2. The number of benzene rings is 1. The Balaban J connectivity index is 2.22. The van der Waals surface area contributed by atoms with Crippen LogP contribution in [-0.2, 0) is 6.42 Å². The standard InChI is InChI=1S/C16H26N2O/c1-4-12(11-17-2)16(18-3)14-7-8-15-13(10-14)6-5-9-19-15/h7-8,10,12,16-18H,4-6,9,11H2,1-3H3. The summed E-state index contributed by atoms with van der Waals surface area (Å²) in [5, 5.41) is 6.78. The maximum atomic E-state index is 5.69. The van der Waals surface area contributed by atoms with Crippen LogP contribution >= 0.6 is 0 Å². The molecule has 19 heavy (non-hydrogen) atoms. The molecule has 0 aromatic heterocycles. The molecule has 1 heterocycles. The van der Waals surface area contributed by atoms with Gasteiger partial charge in [0.2, 0.25) is 0 Å². The summed E-state index contributed by atoms with van der Waals surface area (Å²) in [5.41, 5.74) is 2.75. The Morgan fingerprint density at radius 3 is 2.84 bits per heavy atom. The highest BCUT2D eigenvalue weighted by Crippen LogP contribution is 2.31. The fraction of sp³-hybridized carbons (Fsp3) is 0.625. The first-order valence-electron chi connectivity index (χ1n) is 7.37. The molecule has 3 heteroatoms. The van der Waals surface area contributed by atoms with E-state index < -0.39 is 0 Å². The van der Waals surface area contributed by atoms with E-state index in [1.165, 1.54) is 17.5 Å². The molecule has 2 atom stereocenters. The van der Waals surface area contributed by atoms with Crippen molar-refractivity contribution in [3.05, 3.63) is 29.3 Å². The molecule has 2 N–H and O–H groups in total. The van der Waals surface area contributed by atoms with E-state index in [9.17, 15) is 0 Å². The van der Waals surface area contributed by atoms with Crippen molar-refractivity contribution in [2.24, 2.45) is 5.92 Å². The molecular weight excluding hydrogens is 236 g/mol. The monoisotopic (exact) mass is 262 g/mol. The molecule has 1 aliphatic heterocycles. The average molecular weight is 262 g/mol. The third kappa shape index (κ3) is 3.28. The summed E-state index contributed by atoms with van der Waals surface area (Å²) < 4.78 is 5.69. The largest absolute Gasteiger partial charge is 0.493 e. The number of hydrogen-bond acceptors (Lipinski definition) is 3. The van der Waals surface area contributed by atoms with Crippen molar-refractivity contribution in [2.45, 2.75) is 32.2 Å². The van der Waals surface area contributed by atoms with Crippen molar-refractivity contribution in [3.8, 4) is 5.75 Å².